The number of hydrogen-bond donors (Lipinski definition) is 3. The highest BCUT2D eigenvalue weighted by Crippen LogP contribution is 2.14. The lowest BCUT2D eigenvalue weighted by molar-refractivity contribution is 0.0950. The summed E-state index contributed by atoms with van der Waals surface area (Å²) in [5, 5.41) is 10.6. The molecule has 0 radical (unpaired) electrons. The van der Waals surface area contributed by atoms with Gasteiger partial charge in [-0.3, -0.25) is 9.89 Å². The van der Waals surface area contributed by atoms with Crippen LogP contribution in [0.3, 0.4) is 0 Å². The first-order valence-corrected chi connectivity index (χ1v) is 5.66. The van der Waals surface area contributed by atoms with Crippen LogP contribution in [0.2, 0.25) is 0 Å². The molecule has 18 heavy (non-hydrogen) atoms. The average Bonchev–Trinajstić information content (AvgIpc) is 3.05. The molecule has 0 unspecified atom stereocenters. The van der Waals surface area contributed by atoms with Crippen molar-refractivity contribution in [3.05, 3.63) is 54.0 Å². The van der Waals surface area contributed by atoms with Gasteiger partial charge in [-0.2, -0.15) is 5.10 Å². The predicted molar refractivity (Wildman–Crippen MR) is 68.1 cm³/mol. The van der Waals surface area contributed by atoms with Crippen molar-refractivity contribution < 1.29 is 4.79 Å². The van der Waals surface area contributed by atoms with Crippen molar-refractivity contribution in [2.45, 2.75) is 6.54 Å². The number of carbonyl (C=O) groups is 1. The van der Waals surface area contributed by atoms with Crippen LogP contribution in [-0.2, 0) is 6.54 Å². The minimum atomic E-state index is -0.0962. The summed E-state index contributed by atoms with van der Waals surface area (Å²) in [7, 11) is 0. The van der Waals surface area contributed by atoms with Crippen LogP contribution in [0, 0.1) is 0 Å². The maximum absolute atomic E-state index is 11.9. The van der Waals surface area contributed by atoms with Gasteiger partial charge in [0.15, 0.2) is 0 Å². The first-order chi connectivity index (χ1) is 8.83. The second kappa shape index (κ2) is 4.37. The van der Waals surface area contributed by atoms with E-state index in [0.717, 1.165) is 16.6 Å². The lowest BCUT2D eigenvalue weighted by atomic mass is 10.1. The third kappa shape index (κ3) is 1.98. The first kappa shape index (κ1) is 10.6. The molecule has 0 aliphatic carbocycles. The molecule has 0 bridgehead atoms. The summed E-state index contributed by atoms with van der Waals surface area (Å²) in [6, 6.07) is 9.39. The highest BCUT2D eigenvalue weighted by atomic mass is 16.1. The van der Waals surface area contributed by atoms with E-state index in [1.807, 2.05) is 36.5 Å². The van der Waals surface area contributed by atoms with Crippen molar-refractivity contribution in [1.29, 1.82) is 0 Å². The molecule has 0 aliphatic heterocycles. The van der Waals surface area contributed by atoms with Gasteiger partial charge in [0.1, 0.15) is 0 Å². The maximum Gasteiger partial charge on any atom is 0.251 e. The molecule has 2 heterocycles. The number of hydrogen-bond acceptors (Lipinski definition) is 2. The van der Waals surface area contributed by atoms with E-state index in [4.69, 9.17) is 0 Å². The fourth-order valence-electron chi connectivity index (χ4n) is 1.85. The van der Waals surface area contributed by atoms with Crippen molar-refractivity contribution in [2.24, 2.45) is 0 Å². The standard InChI is InChI=1S/C13H12N4O/c18-13(15-8-11-4-6-16-17-11)10-2-1-9-3-5-14-12(9)7-10/h1-7,14H,8H2,(H,15,18)(H,16,17). The summed E-state index contributed by atoms with van der Waals surface area (Å²) >= 11 is 0. The molecule has 0 aliphatic rings. The Kier molecular flexibility index (Phi) is 2.57. The molecule has 1 amide bonds. The van der Waals surface area contributed by atoms with Crippen LogP contribution in [0.25, 0.3) is 10.9 Å². The largest absolute Gasteiger partial charge is 0.361 e. The van der Waals surface area contributed by atoms with Gasteiger partial charge in [-0.1, -0.05) is 6.07 Å². The molecule has 0 spiro atoms. The van der Waals surface area contributed by atoms with E-state index in [-0.39, 0.29) is 5.91 Å². The van der Waals surface area contributed by atoms with Gasteiger partial charge in [0, 0.05) is 23.5 Å². The molecule has 5 heteroatoms. The number of aromatic nitrogens is 3. The molecule has 0 saturated carbocycles. The number of rotatable bonds is 3. The molecule has 1 aromatic carbocycles. The smallest absolute Gasteiger partial charge is 0.251 e. The van der Waals surface area contributed by atoms with Gasteiger partial charge in [-0.05, 0) is 29.7 Å². The van der Waals surface area contributed by atoms with Crippen molar-refractivity contribution >= 4 is 16.8 Å². The number of aromatic amines is 2. The summed E-state index contributed by atoms with van der Waals surface area (Å²) < 4.78 is 0. The fraction of sp³-hybridized carbons (Fsp3) is 0.0769. The number of carbonyl (C=O) groups excluding carboxylic acids is 1. The van der Waals surface area contributed by atoms with E-state index in [1.165, 1.54) is 0 Å². The summed E-state index contributed by atoms with van der Waals surface area (Å²) in [6.45, 7) is 0.446. The minimum absolute atomic E-state index is 0.0962. The number of amides is 1. The van der Waals surface area contributed by atoms with Gasteiger partial charge < -0.3 is 10.3 Å². The fourth-order valence-corrected chi connectivity index (χ4v) is 1.85. The zero-order chi connectivity index (χ0) is 12.4. The zero-order valence-electron chi connectivity index (χ0n) is 9.60. The molecular formula is C13H12N4O. The van der Waals surface area contributed by atoms with E-state index in [0.29, 0.717) is 12.1 Å². The van der Waals surface area contributed by atoms with Crippen LogP contribution in [0.15, 0.2) is 42.7 Å². The van der Waals surface area contributed by atoms with Crippen LogP contribution in [-0.4, -0.2) is 21.1 Å². The number of H-pyrrole nitrogens is 2. The van der Waals surface area contributed by atoms with Gasteiger partial charge in [-0.25, -0.2) is 0 Å². The van der Waals surface area contributed by atoms with Crippen LogP contribution in [0.4, 0.5) is 0 Å². The quantitative estimate of drug-likeness (QED) is 0.653. The van der Waals surface area contributed by atoms with Crippen LogP contribution >= 0.6 is 0 Å². The van der Waals surface area contributed by atoms with E-state index in [1.54, 1.807) is 6.20 Å². The highest BCUT2D eigenvalue weighted by molar-refractivity contribution is 5.97. The third-order valence-electron chi connectivity index (χ3n) is 2.82. The van der Waals surface area contributed by atoms with Gasteiger partial charge in [0.25, 0.3) is 5.91 Å². The molecule has 3 rings (SSSR count). The maximum atomic E-state index is 11.9. The van der Waals surface area contributed by atoms with E-state index in [9.17, 15) is 4.79 Å². The molecule has 0 fully saturated rings. The van der Waals surface area contributed by atoms with Gasteiger partial charge in [0.05, 0.1) is 12.2 Å². The Labute approximate surface area is 103 Å². The highest BCUT2D eigenvalue weighted by Gasteiger charge is 2.06. The second-order valence-electron chi connectivity index (χ2n) is 4.04. The molecular weight excluding hydrogens is 228 g/mol. The predicted octanol–water partition coefficient (Wildman–Crippen LogP) is 1.82. The molecule has 0 saturated heterocycles. The SMILES string of the molecule is O=C(NCc1ccn[nH]1)c1ccc2cc[nH]c2c1. The van der Waals surface area contributed by atoms with E-state index < -0.39 is 0 Å². The number of fused-ring (bicyclic) bond motifs is 1. The van der Waals surface area contributed by atoms with E-state index >= 15 is 0 Å². The average molecular weight is 240 g/mol. The van der Waals surface area contributed by atoms with Crippen LogP contribution in [0.5, 0.6) is 0 Å². The van der Waals surface area contributed by atoms with Crippen LogP contribution < -0.4 is 5.32 Å². The number of nitrogens with one attached hydrogen (secondary N) is 3. The molecule has 3 N–H and O–H groups in total. The van der Waals surface area contributed by atoms with Crippen molar-refractivity contribution in [2.75, 3.05) is 0 Å². The van der Waals surface area contributed by atoms with E-state index in [2.05, 4.69) is 20.5 Å². The normalized spacial score (nSPS) is 10.7. The van der Waals surface area contributed by atoms with Crippen molar-refractivity contribution in [3.8, 4) is 0 Å². The minimum Gasteiger partial charge on any atom is -0.361 e. The summed E-state index contributed by atoms with van der Waals surface area (Å²) in [5.41, 5.74) is 2.48. The molecule has 5 nitrogen and oxygen atoms in total. The summed E-state index contributed by atoms with van der Waals surface area (Å²) in [4.78, 5) is 15.0. The summed E-state index contributed by atoms with van der Waals surface area (Å²) in [6.07, 6.45) is 3.52. The Hall–Kier alpha value is -2.56. The Bertz CT molecular complexity index is 669. The number of benzene rings is 1. The van der Waals surface area contributed by atoms with Gasteiger partial charge in [-0.15, -0.1) is 0 Å². The molecule has 2 aromatic heterocycles. The third-order valence-corrected chi connectivity index (χ3v) is 2.82. The Morgan fingerprint density at radius 1 is 1.28 bits per heavy atom. The molecule has 0 atom stereocenters. The molecule has 90 valence electrons. The van der Waals surface area contributed by atoms with Gasteiger partial charge in [0.2, 0.25) is 0 Å². The zero-order valence-corrected chi connectivity index (χ0v) is 9.60. The lowest BCUT2D eigenvalue weighted by Crippen LogP contribution is -2.22. The Morgan fingerprint density at radius 3 is 3.06 bits per heavy atom. The first-order valence-electron chi connectivity index (χ1n) is 5.66. The Balaban J connectivity index is 1.75. The Morgan fingerprint density at radius 2 is 2.22 bits per heavy atom. The summed E-state index contributed by atoms with van der Waals surface area (Å²) in [5.74, 6) is -0.0962. The van der Waals surface area contributed by atoms with Crippen molar-refractivity contribution in [3.63, 3.8) is 0 Å². The monoisotopic (exact) mass is 240 g/mol. The lowest BCUT2D eigenvalue weighted by Gasteiger charge is -2.03. The van der Waals surface area contributed by atoms with Crippen molar-refractivity contribution in [1.82, 2.24) is 20.5 Å². The van der Waals surface area contributed by atoms with Crippen LogP contribution in [0.1, 0.15) is 16.1 Å². The second-order valence-corrected chi connectivity index (χ2v) is 4.04. The number of nitrogens with zero attached hydrogens (tertiary/aromatic N) is 1. The molecule has 3 aromatic rings. The van der Waals surface area contributed by atoms with Gasteiger partial charge >= 0.3 is 0 Å². The topological polar surface area (TPSA) is 73.6 Å².